The van der Waals surface area contributed by atoms with E-state index in [-0.39, 0.29) is 16.9 Å². The number of amides is 1. The molecule has 0 radical (unpaired) electrons. The van der Waals surface area contributed by atoms with Gasteiger partial charge in [0.2, 0.25) is 5.28 Å². The number of aryl methyl sites for hydroxylation is 1. The zero-order chi connectivity index (χ0) is 13.7. The topological polar surface area (TPSA) is 67.8 Å². The van der Waals surface area contributed by atoms with E-state index in [1.165, 1.54) is 0 Å². The molecule has 0 fully saturated rings. The summed E-state index contributed by atoms with van der Waals surface area (Å²) >= 11 is 5.71. The minimum Gasteiger partial charge on any atom is -0.350 e. The van der Waals surface area contributed by atoms with E-state index in [4.69, 9.17) is 11.6 Å². The van der Waals surface area contributed by atoms with E-state index in [1.807, 2.05) is 12.1 Å². The van der Waals surface area contributed by atoms with Crippen molar-refractivity contribution in [3.8, 4) is 0 Å². The number of carbonyl (C=O) groups excluding carboxylic acids is 1. The second kappa shape index (κ2) is 6.24. The van der Waals surface area contributed by atoms with Crippen LogP contribution in [0.3, 0.4) is 0 Å². The first-order valence-corrected chi connectivity index (χ1v) is 6.21. The molecule has 0 saturated carbocycles. The molecule has 0 spiro atoms. The van der Waals surface area contributed by atoms with Crippen molar-refractivity contribution in [3.63, 3.8) is 0 Å². The van der Waals surface area contributed by atoms with Gasteiger partial charge in [-0.05, 0) is 48.7 Å². The van der Waals surface area contributed by atoms with Gasteiger partial charge in [0.15, 0.2) is 0 Å². The standard InChI is InChI=1S/C13H13ClN4O/c1-9-8-11(18-13(14)17-9)12(19)16-7-4-10-2-5-15-6-3-10/h2-3,5-6,8H,4,7H2,1H3,(H,16,19). The van der Waals surface area contributed by atoms with E-state index in [9.17, 15) is 4.79 Å². The van der Waals surface area contributed by atoms with Crippen LogP contribution in [0.2, 0.25) is 5.28 Å². The van der Waals surface area contributed by atoms with Crippen LogP contribution in [0.1, 0.15) is 21.7 Å². The fourth-order valence-corrected chi connectivity index (χ4v) is 1.83. The molecule has 0 aromatic carbocycles. The Labute approximate surface area is 116 Å². The van der Waals surface area contributed by atoms with Crippen LogP contribution in [-0.4, -0.2) is 27.4 Å². The number of hydrogen-bond acceptors (Lipinski definition) is 4. The third-order valence-corrected chi connectivity index (χ3v) is 2.68. The van der Waals surface area contributed by atoms with Gasteiger partial charge in [-0.15, -0.1) is 0 Å². The molecule has 0 aliphatic heterocycles. The summed E-state index contributed by atoms with van der Waals surface area (Å²) in [7, 11) is 0. The molecule has 98 valence electrons. The second-order valence-corrected chi connectivity index (χ2v) is 4.36. The van der Waals surface area contributed by atoms with Gasteiger partial charge in [0, 0.05) is 24.6 Å². The van der Waals surface area contributed by atoms with Gasteiger partial charge in [-0.2, -0.15) is 0 Å². The van der Waals surface area contributed by atoms with Gasteiger partial charge in [-0.25, -0.2) is 9.97 Å². The maximum atomic E-state index is 11.9. The Kier molecular flexibility index (Phi) is 4.41. The molecular weight excluding hydrogens is 264 g/mol. The van der Waals surface area contributed by atoms with Crippen LogP contribution < -0.4 is 5.32 Å². The molecule has 0 unspecified atom stereocenters. The molecule has 2 rings (SSSR count). The highest BCUT2D eigenvalue weighted by Crippen LogP contribution is 2.05. The molecule has 2 aromatic rings. The van der Waals surface area contributed by atoms with Crippen molar-refractivity contribution in [1.29, 1.82) is 0 Å². The van der Waals surface area contributed by atoms with Gasteiger partial charge in [0.25, 0.3) is 5.91 Å². The van der Waals surface area contributed by atoms with Gasteiger partial charge in [0.05, 0.1) is 0 Å². The maximum Gasteiger partial charge on any atom is 0.270 e. The summed E-state index contributed by atoms with van der Waals surface area (Å²) in [5.41, 5.74) is 2.07. The predicted molar refractivity (Wildman–Crippen MR) is 72.1 cm³/mol. The van der Waals surface area contributed by atoms with Crippen molar-refractivity contribution < 1.29 is 4.79 Å². The molecule has 2 heterocycles. The van der Waals surface area contributed by atoms with E-state index in [2.05, 4.69) is 20.3 Å². The Morgan fingerprint density at radius 3 is 2.74 bits per heavy atom. The fraction of sp³-hybridized carbons (Fsp3) is 0.231. The second-order valence-electron chi connectivity index (χ2n) is 4.02. The number of hydrogen-bond donors (Lipinski definition) is 1. The predicted octanol–water partition coefficient (Wildman–Crippen LogP) is 1.81. The van der Waals surface area contributed by atoms with E-state index in [1.54, 1.807) is 25.4 Å². The third-order valence-electron chi connectivity index (χ3n) is 2.51. The lowest BCUT2D eigenvalue weighted by atomic mass is 10.2. The normalized spacial score (nSPS) is 10.2. The molecule has 0 aliphatic carbocycles. The first kappa shape index (κ1) is 13.4. The third kappa shape index (κ3) is 3.99. The lowest BCUT2D eigenvalue weighted by molar-refractivity contribution is 0.0949. The molecule has 0 atom stereocenters. The highest BCUT2D eigenvalue weighted by molar-refractivity contribution is 6.28. The Hall–Kier alpha value is -2.01. The van der Waals surface area contributed by atoms with Crippen molar-refractivity contribution in [1.82, 2.24) is 20.3 Å². The molecule has 0 aliphatic rings. The summed E-state index contributed by atoms with van der Waals surface area (Å²) in [6.07, 6.45) is 4.20. The van der Waals surface area contributed by atoms with Crippen molar-refractivity contribution >= 4 is 17.5 Å². The summed E-state index contributed by atoms with van der Waals surface area (Å²) in [5.74, 6) is -0.249. The highest BCUT2D eigenvalue weighted by Gasteiger charge is 2.09. The minimum atomic E-state index is -0.249. The summed E-state index contributed by atoms with van der Waals surface area (Å²) in [6, 6.07) is 5.43. The molecule has 6 heteroatoms. The van der Waals surface area contributed by atoms with Crippen LogP contribution in [0.25, 0.3) is 0 Å². The number of pyridine rings is 1. The summed E-state index contributed by atoms with van der Waals surface area (Å²) in [4.78, 5) is 23.6. The minimum absolute atomic E-state index is 0.0827. The largest absolute Gasteiger partial charge is 0.350 e. The Morgan fingerprint density at radius 1 is 1.32 bits per heavy atom. The van der Waals surface area contributed by atoms with Crippen molar-refractivity contribution in [3.05, 3.63) is 52.8 Å². The molecule has 1 N–H and O–H groups in total. The average Bonchev–Trinajstić information content (AvgIpc) is 2.38. The van der Waals surface area contributed by atoms with E-state index >= 15 is 0 Å². The number of halogens is 1. The van der Waals surface area contributed by atoms with E-state index < -0.39 is 0 Å². The van der Waals surface area contributed by atoms with Crippen molar-refractivity contribution in [2.24, 2.45) is 0 Å². The zero-order valence-electron chi connectivity index (χ0n) is 10.4. The van der Waals surface area contributed by atoms with Crippen LogP contribution >= 0.6 is 11.6 Å². The lowest BCUT2D eigenvalue weighted by Gasteiger charge is -2.05. The highest BCUT2D eigenvalue weighted by atomic mass is 35.5. The number of nitrogens with zero attached hydrogens (tertiary/aromatic N) is 3. The van der Waals surface area contributed by atoms with Gasteiger partial charge in [-0.3, -0.25) is 9.78 Å². The summed E-state index contributed by atoms with van der Waals surface area (Å²) in [5, 5.41) is 2.88. The quantitative estimate of drug-likeness (QED) is 0.865. The van der Waals surface area contributed by atoms with E-state index in [0.717, 1.165) is 12.0 Å². The molecule has 2 aromatic heterocycles. The molecule has 1 amide bonds. The van der Waals surface area contributed by atoms with Gasteiger partial charge in [0.1, 0.15) is 5.69 Å². The first-order chi connectivity index (χ1) is 9.15. The van der Waals surface area contributed by atoms with Crippen molar-refractivity contribution in [2.45, 2.75) is 13.3 Å². The van der Waals surface area contributed by atoms with Gasteiger partial charge < -0.3 is 5.32 Å². The van der Waals surface area contributed by atoms with Gasteiger partial charge >= 0.3 is 0 Å². The molecular formula is C13H13ClN4O. The lowest BCUT2D eigenvalue weighted by Crippen LogP contribution is -2.26. The van der Waals surface area contributed by atoms with Crippen LogP contribution in [0.4, 0.5) is 0 Å². The smallest absolute Gasteiger partial charge is 0.270 e. The maximum absolute atomic E-state index is 11.9. The molecule has 0 saturated heterocycles. The monoisotopic (exact) mass is 276 g/mol. The van der Waals surface area contributed by atoms with Gasteiger partial charge in [-0.1, -0.05) is 0 Å². The SMILES string of the molecule is Cc1cc(C(=O)NCCc2ccncc2)nc(Cl)n1. The molecule has 5 nitrogen and oxygen atoms in total. The summed E-state index contributed by atoms with van der Waals surface area (Å²) < 4.78 is 0. The number of nitrogens with one attached hydrogen (secondary N) is 1. The zero-order valence-corrected chi connectivity index (χ0v) is 11.2. The number of rotatable bonds is 4. The molecule has 0 bridgehead atoms. The van der Waals surface area contributed by atoms with Crippen LogP contribution in [0.15, 0.2) is 30.6 Å². The van der Waals surface area contributed by atoms with E-state index in [0.29, 0.717) is 12.2 Å². The van der Waals surface area contributed by atoms with Crippen LogP contribution in [0, 0.1) is 6.92 Å². The van der Waals surface area contributed by atoms with Crippen LogP contribution in [-0.2, 0) is 6.42 Å². The Morgan fingerprint density at radius 2 is 2.05 bits per heavy atom. The number of aromatic nitrogens is 3. The van der Waals surface area contributed by atoms with Crippen molar-refractivity contribution in [2.75, 3.05) is 6.54 Å². The Balaban J connectivity index is 1.91. The fourth-order valence-electron chi connectivity index (χ4n) is 1.61. The number of carbonyl (C=O) groups is 1. The van der Waals surface area contributed by atoms with Crippen LogP contribution in [0.5, 0.6) is 0 Å². The average molecular weight is 277 g/mol. The first-order valence-electron chi connectivity index (χ1n) is 5.83. The Bertz CT molecular complexity index is 554. The molecule has 19 heavy (non-hydrogen) atoms. The summed E-state index contributed by atoms with van der Waals surface area (Å²) in [6.45, 7) is 2.30.